The summed E-state index contributed by atoms with van der Waals surface area (Å²) >= 11 is 4.94. The van der Waals surface area contributed by atoms with E-state index in [0.717, 1.165) is 5.76 Å². The van der Waals surface area contributed by atoms with E-state index >= 15 is 0 Å². The summed E-state index contributed by atoms with van der Waals surface area (Å²) in [5.74, 6) is 0.882. The van der Waals surface area contributed by atoms with Crippen LogP contribution in [-0.4, -0.2) is 12.2 Å². The van der Waals surface area contributed by atoms with Crippen LogP contribution in [0.1, 0.15) is 18.7 Å². The highest BCUT2D eigenvalue weighted by Gasteiger charge is 2.07. The Labute approximate surface area is 77.1 Å². The molecule has 2 N–H and O–H groups in total. The zero-order valence-electron chi connectivity index (χ0n) is 7.13. The lowest BCUT2D eigenvalue weighted by molar-refractivity contribution is 0.462. The molecule has 4 heteroatoms. The Hall–Kier alpha value is -1.03. The zero-order chi connectivity index (χ0) is 8.97. The standard InChI is InChI=1S/C8H12N2OS/c1-6(10-8(12)9-2)7-4-3-5-11-7/h3-6H,1-2H3,(H2,9,10,12). The van der Waals surface area contributed by atoms with Crippen LogP contribution in [0.4, 0.5) is 0 Å². The van der Waals surface area contributed by atoms with Gasteiger partial charge in [-0.15, -0.1) is 0 Å². The van der Waals surface area contributed by atoms with Gasteiger partial charge in [0.1, 0.15) is 5.76 Å². The summed E-state index contributed by atoms with van der Waals surface area (Å²) < 4.78 is 5.19. The maximum absolute atomic E-state index is 5.19. The number of furan rings is 1. The highest BCUT2D eigenvalue weighted by atomic mass is 32.1. The lowest BCUT2D eigenvalue weighted by Gasteiger charge is -2.12. The molecule has 0 aromatic carbocycles. The topological polar surface area (TPSA) is 37.2 Å². The van der Waals surface area contributed by atoms with Crippen molar-refractivity contribution in [3.8, 4) is 0 Å². The molecule has 0 saturated heterocycles. The molecule has 66 valence electrons. The second-order valence-corrected chi connectivity index (χ2v) is 2.87. The van der Waals surface area contributed by atoms with Crippen LogP contribution in [0.3, 0.4) is 0 Å². The number of hydrogen-bond acceptors (Lipinski definition) is 2. The number of thiocarbonyl (C=S) groups is 1. The minimum atomic E-state index is 0.111. The SMILES string of the molecule is CNC(=S)NC(C)c1ccco1. The molecule has 1 aromatic rings. The average molecular weight is 184 g/mol. The number of rotatable bonds is 2. The van der Waals surface area contributed by atoms with E-state index in [2.05, 4.69) is 10.6 Å². The third-order valence-electron chi connectivity index (χ3n) is 1.54. The van der Waals surface area contributed by atoms with E-state index < -0.39 is 0 Å². The molecule has 0 aliphatic heterocycles. The van der Waals surface area contributed by atoms with Gasteiger partial charge in [-0.25, -0.2) is 0 Å². The smallest absolute Gasteiger partial charge is 0.166 e. The monoisotopic (exact) mass is 184 g/mol. The van der Waals surface area contributed by atoms with Crippen LogP contribution in [0.25, 0.3) is 0 Å². The van der Waals surface area contributed by atoms with Crippen LogP contribution in [0.15, 0.2) is 22.8 Å². The summed E-state index contributed by atoms with van der Waals surface area (Å²) in [6.45, 7) is 1.99. The van der Waals surface area contributed by atoms with Crippen molar-refractivity contribution in [3.63, 3.8) is 0 Å². The molecule has 0 amide bonds. The Balaban J connectivity index is 2.49. The summed E-state index contributed by atoms with van der Waals surface area (Å²) in [4.78, 5) is 0. The normalized spacial score (nSPS) is 12.2. The largest absolute Gasteiger partial charge is 0.467 e. The van der Waals surface area contributed by atoms with Crippen molar-refractivity contribution in [3.05, 3.63) is 24.2 Å². The second-order valence-electron chi connectivity index (χ2n) is 2.46. The fraction of sp³-hybridized carbons (Fsp3) is 0.375. The van der Waals surface area contributed by atoms with Gasteiger partial charge in [0.2, 0.25) is 0 Å². The van der Waals surface area contributed by atoms with Gasteiger partial charge in [-0.05, 0) is 31.3 Å². The summed E-state index contributed by atoms with van der Waals surface area (Å²) in [7, 11) is 1.78. The van der Waals surface area contributed by atoms with Crippen LogP contribution >= 0.6 is 12.2 Å². The second kappa shape index (κ2) is 4.11. The first-order chi connectivity index (χ1) is 5.74. The van der Waals surface area contributed by atoms with E-state index in [4.69, 9.17) is 16.6 Å². The Morgan fingerprint density at radius 1 is 1.67 bits per heavy atom. The van der Waals surface area contributed by atoms with Gasteiger partial charge in [0.25, 0.3) is 0 Å². The first-order valence-electron chi connectivity index (χ1n) is 3.75. The molecule has 3 nitrogen and oxygen atoms in total. The molecule has 0 aliphatic carbocycles. The minimum absolute atomic E-state index is 0.111. The molecule has 0 radical (unpaired) electrons. The maximum Gasteiger partial charge on any atom is 0.166 e. The van der Waals surface area contributed by atoms with Crippen LogP contribution < -0.4 is 10.6 Å². The third kappa shape index (κ3) is 2.23. The van der Waals surface area contributed by atoms with E-state index in [1.54, 1.807) is 13.3 Å². The molecule has 1 atom stereocenters. The van der Waals surface area contributed by atoms with Crippen LogP contribution in [0, 0.1) is 0 Å². The van der Waals surface area contributed by atoms with Crippen molar-refractivity contribution >= 4 is 17.3 Å². The Morgan fingerprint density at radius 2 is 2.42 bits per heavy atom. The van der Waals surface area contributed by atoms with Crippen LogP contribution in [-0.2, 0) is 0 Å². The molecule has 1 rings (SSSR count). The molecule has 0 spiro atoms. The van der Waals surface area contributed by atoms with Gasteiger partial charge in [0, 0.05) is 7.05 Å². The first kappa shape index (κ1) is 9.06. The summed E-state index contributed by atoms with van der Waals surface area (Å²) in [6.07, 6.45) is 1.65. The number of nitrogens with one attached hydrogen (secondary N) is 2. The summed E-state index contributed by atoms with van der Waals surface area (Å²) in [5, 5.41) is 6.52. The van der Waals surface area contributed by atoms with E-state index in [-0.39, 0.29) is 6.04 Å². The van der Waals surface area contributed by atoms with Gasteiger partial charge in [-0.3, -0.25) is 0 Å². The Kier molecular flexibility index (Phi) is 3.10. The minimum Gasteiger partial charge on any atom is -0.467 e. The molecule has 0 aliphatic rings. The predicted octanol–water partition coefficient (Wildman–Crippen LogP) is 1.43. The van der Waals surface area contributed by atoms with Crippen molar-refractivity contribution in [1.29, 1.82) is 0 Å². The molecular formula is C8H12N2OS. The van der Waals surface area contributed by atoms with Gasteiger partial charge in [-0.2, -0.15) is 0 Å². The highest BCUT2D eigenvalue weighted by molar-refractivity contribution is 7.80. The van der Waals surface area contributed by atoms with Gasteiger partial charge < -0.3 is 15.1 Å². The first-order valence-corrected chi connectivity index (χ1v) is 4.16. The lowest BCUT2D eigenvalue weighted by Crippen LogP contribution is -2.34. The van der Waals surface area contributed by atoms with Crippen molar-refractivity contribution in [2.45, 2.75) is 13.0 Å². The average Bonchev–Trinajstić information content (AvgIpc) is 2.56. The highest BCUT2D eigenvalue weighted by Crippen LogP contribution is 2.11. The van der Waals surface area contributed by atoms with Crippen molar-refractivity contribution in [2.24, 2.45) is 0 Å². The van der Waals surface area contributed by atoms with Gasteiger partial charge >= 0.3 is 0 Å². The van der Waals surface area contributed by atoms with Gasteiger partial charge in [0.15, 0.2) is 5.11 Å². The van der Waals surface area contributed by atoms with E-state index in [0.29, 0.717) is 5.11 Å². The lowest BCUT2D eigenvalue weighted by atomic mass is 10.3. The zero-order valence-corrected chi connectivity index (χ0v) is 7.94. The van der Waals surface area contributed by atoms with Gasteiger partial charge in [0.05, 0.1) is 12.3 Å². The van der Waals surface area contributed by atoms with Crippen LogP contribution in [0.5, 0.6) is 0 Å². The van der Waals surface area contributed by atoms with Crippen molar-refractivity contribution in [1.82, 2.24) is 10.6 Å². The number of hydrogen-bond donors (Lipinski definition) is 2. The molecule has 0 saturated carbocycles. The van der Waals surface area contributed by atoms with Gasteiger partial charge in [-0.1, -0.05) is 0 Å². The molecule has 1 aromatic heterocycles. The van der Waals surface area contributed by atoms with E-state index in [1.165, 1.54) is 0 Å². The van der Waals surface area contributed by atoms with Crippen molar-refractivity contribution < 1.29 is 4.42 Å². The summed E-state index contributed by atoms with van der Waals surface area (Å²) in [6, 6.07) is 3.88. The Bertz CT molecular complexity index is 246. The predicted molar refractivity (Wildman–Crippen MR) is 51.9 cm³/mol. The molecule has 1 heterocycles. The molecule has 12 heavy (non-hydrogen) atoms. The molecule has 1 unspecified atom stereocenters. The Morgan fingerprint density at radius 3 is 2.92 bits per heavy atom. The van der Waals surface area contributed by atoms with Crippen LogP contribution in [0.2, 0.25) is 0 Å². The summed E-state index contributed by atoms with van der Waals surface area (Å²) in [5.41, 5.74) is 0. The molecular weight excluding hydrogens is 172 g/mol. The maximum atomic E-state index is 5.19. The fourth-order valence-corrected chi connectivity index (χ4v) is 1.05. The van der Waals surface area contributed by atoms with E-state index in [1.807, 2.05) is 19.1 Å². The van der Waals surface area contributed by atoms with Crippen molar-refractivity contribution in [2.75, 3.05) is 7.05 Å². The fourth-order valence-electron chi connectivity index (χ4n) is 0.878. The molecule has 0 fully saturated rings. The molecule has 0 bridgehead atoms. The third-order valence-corrected chi connectivity index (χ3v) is 1.87. The van der Waals surface area contributed by atoms with E-state index in [9.17, 15) is 0 Å². The quantitative estimate of drug-likeness (QED) is 0.682.